The van der Waals surface area contributed by atoms with Crippen LogP contribution in [0.25, 0.3) is 10.8 Å². The molecule has 0 spiro atoms. The number of carbonyl (C=O) groups is 1. The minimum atomic E-state index is -0.324. The van der Waals surface area contributed by atoms with Crippen LogP contribution in [0.15, 0.2) is 66.7 Å². The lowest BCUT2D eigenvalue weighted by atomic mass is 9.96. The zero-order valence-corrected chi connectivity index (χ0v) is 14.1. The lowest BCUT2D eigenvalue weighted by Gasteiger charge is -2.13. The van der Waals surface area contributed by atoms with Gasteiger partial charge in [-0.25, -0.2) is 10.9 Å². The van der Waals surface area contributed by atoms with Crippen LogP contribution >= 0.6 is 0 Å². The number of hydrogen-bond donors (Lipinski definition) is 3. The topological polar surface area (TPSA) is 77.0 Å². The van der Waals surface area contributed by atoms with Gasteiger partial charge in [-0.3, -0.25) is 4.79 Å². The highest BCUT2D eigenvalue weighted by Gasteiger charge is 2.30. The fourth-order valence-electron chi connectivity index (χ4n) is 3.34. The lowest BCUT2D eigenvalue weighted by molar-refractivity contribution is -0.117. The molecule has 1 aliphatic rings. The molecule has 0 radical (unpaired) electrons. The molecular formula is C21H18N4O. The molecule has 1 fully saturated rings. The van der Waals surface area contributed by atoms with Gasteiger partial charge < -0.3 is 5.32 Å². The highest BCUT2D eigenvalue weighted by molar-refractivity contribution is 5.95. The van der Waals surface area contributed by atoms with E-state index in [1.165, 1.54) is 16.3 Å². The Balaban J connectivity index is 1.47. The zero-order valence-electron chi connectivity index (χ0n) is 14.1. The number of fused-ring (bicyclic) bond motifs is 1. The summed E-state index contributed by atoms with van der Waals surface area (Å²) in [5.41, 5.74) is 8.78. The van der Waals surface area contributed by atoms with E-state index >= 15 is 0 Å². The Labute approximate surface area is 151 Å². The normalized spacial score (nSPS) is 19.2. The molecular weight excluding hydrogens is 324 g/mol. The number of amides is 1. The van der Waals surface area contributed by atoms with Gasteiger partial charge >= 0.3 is 0 Å². The van der Waals surface area contributed by atoms with Crippen LogP contribution in [0.5, 0.6) is 0 Å². The molecule has 3 aromatic rings. The summed E-state index contributed by atoms with van der Waals surface area (Å²) >= 11 is 0. The summed E-state index contributed by atoms with van der Waals surface area (Å²) in [5.74, 6) is -0.0926. The Kier molecular flexibility index (Phi) is 4.36. The number of carbonyl (C=O) groups excluding carboxylic acids is 1. The number of rotatable bonds is 3. The van der Waals surface area contributed by atoms with E-state index in [-0.39, 0.29) is 18.0 Å². The number of benzene rings is 3. The fraction of sp³-hybridized carbons (Fsp3) is 0.143. The van der Waals surface area contributed by atoms with Gasteiger partial charge in [0, 0.05) is 11.7 Å². The fourth-order valence-corrected chi connectivity index (χ4v) is 3.34. The molecule has 0 bridgehead atoms. The molecule has 1 saturated heterocycles. The van der Waals surface area contributed by atoms with Crippen LogP contribution < -0.4 is 16.2 Å². The van der Waals surface area contributed by atoms with Crippen LogP contribution in [0.4, 0.5) is 5.69 Å². The molecule has 3 N–H and O–H groups in total. The molecule has 1 amide bonds. The van der Waals surface area contributed by atoms with Crippen LogP contribution in [0.1, 0.15) is 23.6 Å². The predicted octanol–water partition coefficient (Wildman–Crippen LogP) is 3.26. The third-order valence-electron chi connectivity index (χ3n) is 4.70. The summed E-state index contributed by atoms with van der Waals surface area (Å²) < 4.78 is 0. The number of nitrogens with zero attached hydrogens (tertiary/aromatic N) is 1. The molecule has 2 atom stereocenters. The van der Waals surface area contributed by atoms with E-state index in [1.807, 2.05) is 18.2 Å². The van der Waals surface area contributed by atoms with Crippen LogP contribution in [-0.4, -0.2) is 11.9 Å². The Hall–Kier alpha value is -3.20. The molecule has 3 aromatic carbocycles. The summed E-state index contributed by atoms with van der Waals surface area (Å²) in [5, 5.41) is 14.1. The van der Waals surface area contributed by atoms with Gasteiger partial charge in [0.15, 0.2) is 0 Å². The zero-order chi connectivity index (χ0) is 17.9. The average Bonchev–Trinajstić information content (AvgIpc) is 3.18. The van der Waals surface area contributed by atoms with E-state index in [0.717, 1.165) is 0 Å². The highest BCUT2D eigenvalue weighted by atomic mass is 16.2. The molecule has 4 rings (SSSR count). The number of nitrogens with one attached hydrogen (secondary N) is 3. The number of anilines is 1. The van der Waals surface area contributed by atoms with E-state index in [4.69, 9.17) is 5.26 Å². The van der Waals surface area contributed by atoms with Crippen LogP contribution in [-0.2, 0) is 4.79 Å². The van der Waals surface area contributed by atoms with Crippen molar-refractivity contribution < 1.29 is 4.79 Å². The van der Waals surface area contributed by atoms with Crippen molar-refractivity contribution in [2.24, 2.45) is 0 Å². The van der Waals surface area contributed by atoms with Gasteiger partial charge in [0.1, 0.15) is 6.04 Å². The van der Waals surface area contributed by atoms with Gasteiger partial charge in [0.25, 0.3) is 0 Å². The van der Waals surface area contributed by atoms with Crippen LogP contribution in [0.2, 0.25) is 0 Å². The molecule has 0 saturated carbocycles. The van der Waals surface area contributed by atoms with Crippen molar-refractivity contribution in [3.05, 3.63) is 77.9 Å². The quantitative estimate of drug-likeness (QED) is 0.683. The maximum Gasteiger partial charge on any atom is 0.242 e. The monoisotopic (exact) mass is 342 g/mol. The number of hydrazine groups is 1. The summed E-state index contributed by atoms with van der Waals surface area (Å²) in [7, 11) is 0. The molecule has 5 heteroatoms. The first-order valence-electron chi connectivity index (χ1n) is 8.54. The van der Waals surface area contributed by atoms with Crippen LogP contribution in [0, 0.1) is 11.3 Å². The third kappa shape index (κ3) is 3.16. The molecule has 5 nitrogen and oxygen atoms in total. The number of hydrogen-bond acceptors (Lipinski definition) is 4. The molecule has 26 heavy (non-hydrogen) atoms. The molecule has 128 valence electrons. The van der Waals surface area contributed by atoms with E-state index in [9.17, 15) is 4.79 Å². The van der Waals surface area contributed by atoms with Gasteiger partial charge in [0.2, 0.25) is 5.91 Å². The SMILES string of the molecule is N#Cc1ccc(NC(=O)C2CC(c3cccc4ccccc34)NN2)cc1. The largest absolute Gasteiger partial charge is 0.325 e. The summed E-state index contributed by atoms with van der Waals surface area (Å²) in [6.45, 7) is 0. The minimum Gasteiger partial charge on any atom is -0.325 e. The van der Waals surface area contributed by atoms with E-state index < -0.39 is 0 Å². The van der Waals surface area contributed by atoms with E-state index in [1.54, 1.807) is 24.3 Å². The Morgan fingerprint density at radius 3 is 2.58 bits per heavy atom. The Morgan fingerprint density at radius 2 is 1.77 bits per heavy atom. The Bertz CT molecular complexity index is 986. The van der Waals surface area contributed by atoms with Gasteiger partial charge in [-0.1, -0.05) is 42.5 Å². The van der Waals surface area contributed by atoms with E-state index in [0.29, 0.717) is 17.7 Å². The first-order chi connectivity index (χ1) is 12.7. The second kappa shape index (κ2) is 6.96. The van der Waals surface area contributed by atoms with Crippen molar-refractivity contribution in [2.75, 3.05) is 5.32 Å². The summed E-state index contributed by atoms with van der Waals surface area (Å²) in [4.78, 5) is 12.5. The van der Waals surface area contributed by atoms with Gasteiger partial charge in [-0.2, -0.15) is 5.26 Å². The van der Waals surface area contributed by atoms with Crippen molar-refractivity contribution in [1.29, 1.82) is 5.26 Å². The first-order valence-corrected chi connectivity index (χ1v) is 8.54. The molecule has 0 aliphatic carbocycles. The first kappa shape index (κ1) is 16.3. The summed E-state index contributed by atoms with van der Waals surface area (Å²) in [6.07, 6.45) is 0.663. The van der Waals surface area contributed by atoms with Crippen molar-refractivity contribution in [3.8, 4) is 6.07 Å². The second-order valence-electron chi connectivity index (χ2n) is 6.38. The van der Waals surface area contributed by atoms with Crippen molar-refractivity contribution >= 4 is 22.4 Å². The van der Waals surface area contributed by atoms with Crippen LogP contribution in [0.3, 0.4) is 0 Å². The predicted molar refractivity (Wildman–Crippen MR) is 101 cm³/mol. The smallest absolute Gasteiger partial charge is 0.242 e. The van der Waals surface area contributed by atoms with Crippen molar-refractivity contribution in [2.45, 2.75) is 18.5 Å². The average molecular weight is 342 g/mol. The van der Waals surface area contributed by atoms with E-state index in [2.05, 4.69) is 46.5 Å². The van der Waals surface area contributed by atoms with Gasteiger partial charge in [-0.05, 0) is 47.0 Å². The highest BCUT2D eigenvalue weighted by Crippen LogP contribution is 2.29. The second-order valence-corrected chi connectivity index (χ2v) is 6.38. The maximum absolute atomic E-state index is 12.5. The molecule has 0 aromatic heterocycles. The van der Waals surface area contributed by atoms with Gasteiger partial charge in [0.05, 0.1) is 11.6 Å². The molecule has 2 unspecified atom stereocenters. The maximum atomic E-state index is 12.5. The number of nitriles is 1. The molecule has 1 aliphatic heterocycles. The Morgan fingerprint density at radius 1 is 1.00 bits per heavy atom. The standard InChI is InChI=1S/C21H18N4O/c22-13-14-8-10-16(11-9-14)23-21(26)20-12-19(24-25-20)18-7-3-5-15-4-1-2-6-17(15)18/h1-11,19-20,24-25H,12H2,(H,23,26). The minimum absolute atomic E-state index is 0.0674. The lowest BCUT2D eigenvalue weighted by Crippen LogP contribution is -2.39. The van der Waals surface area contributed by atoms with Crippen molar-refractivity contribution in [1.82, 2.24) is 10.9 Å². The summed E-state index contributed by atoms with van der Waals surface area (Å²) in [6, 6.07) is 23.2. The van der Waals surface area contributed by atoms with Crippen molar-refractivity contribution in [3.63, 3.8) is 0 Å². The van der Waals surface area contributed by atoms with Gasteiger partial charge in [-0.15, -0.1) is 0 Å². The molecule has 1 heterocycles. The third-order valence-corrected chi connectivity index (χ3v) is 4.70.